The van der Waals surface area contributed by atoms with E-state index >= 15 is 0 Å². The Morgan fingerprint density at radius 2 is 1.70 bits per heavy atom. The number of nitrogens with zero attached hydrogens (tertiary/aromatic N) is 2. The van der Waals surface area contributed by atoms with E-state index in [1.54, 1.807) is 18.3 Å². The van der Waals surface area contributed by atoms with E-state index in [0.717, 1.165) is 15.6 Å². The summed E-state index contributed by atoms with van der Waals surface area (Å²) >= 11 is 3.34. The molecule has 1 aromatic heterocycles. The van der Waals surface area contributed by atoms with Gasteiger partial charge in [-0.1, -0.05) is 52.3 Å². The van der Waals surface area contributed by atoms with E-state index in [1.807, 2.05) is 53.3 Å². The smallest absolute Gasteiger partial charge is 0.220 e. The Bertz CT molecular complexity index is 905. The Hall–Kier alpha value is -2.73. The number of halogens is 1. The van der Waals surface area contributed by atoms with Gasteiger partial charge in [-0.3, -0.25) is 14.3 Å². The third-order valence-corrected chi connectivity index (χ3v) is 4.76. The van der Waals surface area contributed by atoms with Crippen LogP contribution in [-0.2, 0) is 17.9 Å². The van der Waals surface area contributed by atoms with Crippen LogP contribution in [0.2, 0.25) is 0 Å². The molecule has 138 valence electrons. The van der Waals surface area contributed by atoms with Crippen LogP contribution in [0.4, 0.5) is 0 Å². The average Bonchev–Trinajstić information content (AvgIpc) is 3.19. The predicted octanol–water partition coefficient (Wildman–Crippen LogP) is 3.97. The third kappa shape index (κ3) is 5.62. The summed E-state index contributed by atoms with van der Waals surface area (Å²) in [5.41, 5.74) is 2.77. The van der Waals surface area contributed by atoms with Crippen molar-refractivity contribution in [3.63, 3.8) is 0 Å². The lowest BCUT2D eigenvalue weighted by Crippen LogP contribution is -2.24. The molecule has 0 atom stereocenters. The average molecular weight is 426 g/mol. The fourth-order valence-electron chi connectivity index (χ4n) is 2.74. The van der Waals surface area contributed by atoms with Gasteiger partial charge in [0.25, 0.3) is 0 Å². The van der Waals surface area contributed by atoms with Crippen LogP contribution in [0.3, 0.4) is 0 Å². The van der Waals surface area contributed by atoms with Crippen molar-refractivity contribution in [2.75, 3.05) is 0 Å². The molecule has 0 saturated carbocycles. The van der Waals surface area contributed by atoms with Gasteiger partial charge in [0.05, 0.1) is 6.54 Å². The largest absolute Gasteiger partial charge is 0.352 e. The normalized spacial score (nSPS) is 10.6. The summed E-state index contributed by atoms with van der Waals surface area (Å²) in [4.78, 5) is 24.3. The second-order valence-corrected chi connectivity index (χ2v) is 7.09. The SMILES string of the molecule is O=C(CCC(=O)c1ccc(Br)cc1)NCc1ccccc1Cn1cccn1. The van der Waals surface area contributed by atoms with Crippen LogP contribution in [0.5, 0.6) is 0 Å². The van der Waals surface area contributed by atoms with E-state index in [9.17, 15) is 9.59 Å². The minimum atomic E-state index is -0.130. The van der Waals surface area contributed by atoms with Crippen molar-refractivity contribution in [1.82, 2.24) is 15.1 Å². The molecule has 1 N–H and O–H groups in total. The first-order valence-electron chi connectivity index (χ1n) is 8.71. The number of nitrogens with one attached hydrogen (secondary N) is 1. The monoisotopic (exact) mass is 425 g/mol. The maximum Gasteiger partial charge on any atom is 0.220 e. The van der Waals surface area contributed by atoms with Crippen molar-refractivity contribution in [1.29, 1.82) is 0 Å². The van der Waals surface area contributed by atoms with Crippen LogP contribution in [0.15, 0.2) is 71.5 Å². The minimum Gasteiger partial charge on any atom is -0.352 e. The lowest BCUT2D eigenvalue weighted by Gasteiger charge is -2.11. The molecule has 0 aliphatic heterocycles. The lowest BCUT2D eigenvalue weighted by molar-refractivity contribution is -0.121. The number of benzene rings is 2. The molecule has 0 fully saturated rings. The molecule has 0 aliphatic carbocycles. The molecular formula is C21H20BrN3O2. The molecule has 0 bridgehead atoms. The molecule has 1 heterocycles. The molecule has 3 rings (SSSR count). The lowest BCUT2D eigenvalue weighted by atomic mass is 10.1. The Morgan fingerprint density at radius 3 is 2.41 bits per heavy atom. The number of hydrogen-bond acceptors (Lipinski definition) is 3. The molecule has 2 aromatic carbocycles. The van der Waals surface area contributed by atoms with Crippen LogP contribution in [0, 0.1) is 0 Å². The minimum absolute atomic E-state index is 0.0308. The summed E-state index contributed by atoms with van der Waals surface area (Å²) in [6, 6.07) is 17.0. The highest BCUT2D eigenvalue weighted by Crippen LogP contribution is 2.13. The summed E-state index contributed by atoms with van der Waals surface area (Å²) < 4.78 is 2.77. The number of rotatable bonds is 8. The number of Topliss-reactive ketones (excluding diaryl/α,β-unsaturated/α-hetero) is 1. The second-order valence-electron chi connectivity index (χ2n) is 6.18. The van der Waals surface area contributed by atoms with E-state index < -0.39 is 0 Å². The van der Waals surface area contributed by atoms with Crippen LogP contribution in [0.25, 0.3) is 0 Å². The molecule has 0 spiro atoms. The Labute approximate surface area is 166 Å². The predicted molar refractivity (Wildman–Crippen MR) is 107 cm³/mol. The first kappa shape index (κ1) is 19.0. The summed E-state index contributed by atoms with van der Waals surface area (Å²) in [5, 5.41) is 7.13. The molecule has 27 heavy (non-hydrogen) atoms. The maximum absolute atomic E-state index is 12.2. The van der Waals surface area contributed by atoms with Crippen LogP contribution in [0.1, 0.15) is 34.3 Å². The van der Waals surface area contributed by atoms with Crippen molar-refractivity contribution in [2.24, 2.45) is 0 Å². The number of carbonyl (C=O) groups excluding carboxylic acids is 2. The zero-order chi connectivity index (χ0) is 19.1. The van der Waals surface area contributed by atoms with Gasteiger partial charge < -0.3 is 5.32 Å². The van der Waals surface area contributed by atoms with Crippen LogP contribution < -0.4 is 5.32 Å². The van der Waals surface area contributed by atoms with Crippen LogP contribution >= 0.6 is 15.9 Å². The highest BCUT2D eigenvalue weighted by Gasteiger charge is 2.10. The van der Waals surface area contributed by atoms with E-state index in [1.165, 1.54) is 0 Å². The number of aromatic nitrogens is 2. The highest BCUT2D eigenvalue weighted by molar-refractivity contribution is 9.10. The van der Waals surface area contributed by atoms with Gasteiger partial charge in [0.2, 0.25) is 5.91 Å². The Kier molecular flexibility index (Phi) is 6.54. The molecule has 3 aromatic rings. The number of amides is 1. The fourth-order valence-corrected chi connectivity index (χ4v) is 3.01. The molecule has 6 heteroatoms. The van der Waals surface area contributed by atoms with Gasteiger partial charge in [-0.2, -0.15) is 5.10 Å². The molecule has 0 radical (unpaired) electrons. The molecular weight excluding hydrogens is 406 g/mol. The zero-order valence-corrected chi connectivity index (χ0v) is 16.4. The van der Waals surface area contributed by atoms with Gasteiger partial charge in [0.1, 0.15) is 0 Å². The topological polar surface area (TPSA) is 64.0 Å². The standard InChI is InChI=1S/C21H20BrN3O2/c22-19-8-6-16(7-9-19)20(26)10-11-21(27)23-14-17-4-1-2-5-18(17)15-25-13-3-12-24-25/h1-9,12-13H,10-11,14-15H2,(H,23,27). The van der Waals surface area contributed by atoms with E-state index in [2.05, 4.69) is 26.3 Å². The first-order chi connectivity index (χ1) is 13.1. The van der Waals surface area contributed by atoms with Crippen LogP contribution in [-0.4, -0.2) is 21.5 Å². The van der Waals surface area contributed by atoms with Gasteiger partial charge >= 0.3 is 0 Å². The summed E-state index contributed by atoms with van der Waals surface area (Å²) in [7, 11) is 0. The van der Waals surface area contributed by atoms with Crippen molar-refractivity contribution >= 4 is 27.6 Å². The second kappa shape index (κ2) is 9.28. The van der Waals surface area contributed by atoms with Gasteiger partial charge in [-0.15, -0.1) is 0 Å². The number of hydrogen-bond donors (Lipinski definition) is 1. The van der Waals surface area contributed by atoms with Gasteiger partial charge in [-0.25, -0.2) is 0 Å². The van der Waals surface area contributed by atoms with E-state index in [0.29, 0.717) is 18.7 Å². The summed E-state index contributed by atoms with van der Waals surface area (Å²) in [6.45, 7) is 1.09. The van der Waals surface area contributed by atoms with Crippen molar-refractivity contribution in [3.8, 4) is 0 Å². The quantitative estimate of drug-likeness (QED) is 0.555. The third-order valence-electron chi connectivity index (χ3n) is 4.23. The zero-order valence-electron chi connectivity index (χ0n) is 14.8. The fraction of sp³-hybridized carbons (Fsp3) is 0.190. The van der Waals surface area contributed by atoms with Gasteiger partial charge in [0, 0.05) is 41.8 Å². The summed E-state index contributed by atoms with van der Waals surface area (Å²) in [5.74, 6) is -0.161. The molecule has 0 unspecified atom stereocenters. The highest BCUT2D eigenvalue weighted by atomic mass is 79.9. The van der Waals surface area contributed by atoms with E-state index in [4.69, 9.17) is 0 Å². The molecule has 1 amide bonds. The number of ketones is 1. The van der Waals surface area contributed by atoms with Gasteiger partial charge in [-0.05, 0) is 29.3 Å². The van der Waals surface area contributed by atoms with Gasteiger partial charge in [0.15, 0.2) is 5.78 Å². The molecule has 5 nitrogen and oxygen atoms in total. The Balaban J connectivity index is 1.50. The van der Waals surface area contributed by atoms with E-state index in [-0.39, 0.29) is 24.5 Å². The first-order valence-corrected chi connectivity index (χ1v) is 9.51. The van der Waals surface area contributed by atoms with Crippen molar-refractivity contribution < 1.29 is 9.59 Å². The van der Waals surface area contributed by atoms with Crippen molar-refractivity contribution in [3.05, 3.63) is 88.2 Å². The maximum atomic E-state index is 12.2. The molecule has 0 saturated heterocycles. The van der Waals surface area contributed by atoms with Crippen molar-refractivity contribution in [2.45, 2.75) is 25.9 Å². The molecule has 0 aliphatic rings. The Morgan fingerprint density at radius 1 is 0.963 bits per heavy atom. The summed E-state index contributed by atoms with van der Waals surface area (Å²) in [6.07, 6.45) is 4.02. The number of carbonyl (C=O) groups is 2.